The highest BCUT2D eigenvalue weighted by Gasteiger charge is 2.26. The fraction of sp³-hybridized carbons (Fsp3) is 0.542. The monoisotopic (exact) mass is 439 g/mol. The molecule has 2 N–H and O–H groups in total. The molecule has 0 radical (unpaired) electrons. The number of aryl methyl sites for hydroxylation is 2. The van der Waals surface area contributed by atoms with Crippen LogP contribution in [0.1, 0.15) is 41.4 Å². The standard InChI is InChI=1S/C24H33N5O3/c1-17-13-29(23(31)18(2)26-17)21-8-5-10-28(15-21)24(32)25-12-22(30)16-27-11-9-19-6-3-4-7-20(19)14-27/h3-4,6-7,13,21-22,30H,5,8-12,14-16H2,1-2H3,(H,25,32)/t21-,22+/m1/s1. The minimum atomic E-state index is -0.627. The molecule has 0 unspecified atom stereocenters. The minimum Gasteiger partial charge on any atom is -0.390 e. The fourth-order valence-corrected chi connectivity index (χ4v) is 4.81. The molecule has 2 aliphatic heterocycles. The first kappa shape index (κ1) is 22.5. The van der Waals surface area contributed by atoms with Crippen molar-refractivity contribution in [3.05, 3.63) is 63.3 Å². The molecule has 8 heteroatoms. The molecule has 0 spiro atoms. The second-order valence-electron chi connectivity index (χ2n) is 9.02. The van der Waals surface area contributed by atoms with Gasteiger partial charge < -0.3 is 19.9 Å². The Bertz CT molecular complexity index is 1020. The second-order valence-corrected chi connectivity index (χ2v) is 9.02. The number of β-amino-alcohol motifs (C(OH)–C–C–N with tert-alkyl or cyclic N) is 1. The maximum absolute atomic E-state index is 12.7. The first-order chi connectivity index (χ1) is 15.4. The summed E-state index contributed by atoms with van der Waals surface area (Å²) in [5, 5.41) is 13.4. The van der Waals surface area contributed by atoms with E-state index in [2.05, 4.69) is 33.4 Å². The Morgan fingerprint density at radius 2 is 2.03 bits per heavy atom. The Kier molecular flexibility index (Phi) is 6.91. The number of benzene rings is 1. The van der Waals surface area contributed by atoms with E-state index in [0.717, 1.165) is 38.0 Å². The second kappa shape index (κ2) is 9.83. The van der Waals surface area contributed by atoms with E-state index in [0.29, 0.717) is 25.3 Å². The smallest absolute Gasteiger partial charge is 0.317 e. The molecule has 3 heterocycles. The molecule has 2 aliphatic rings. The van der Waals surface area contributed by atoms with Crippen molar-refractivity contribution in [1.29, 1.82) is 0 Å². The van der Waals surface area contributed by atoms with Gasteiger partial charge in [-0.2, -0.15) is 0 Å². The third-order valence-electron chi connectivity index (χ3n) is 6.46. The number of nitrogens with zero attached hydrogens (tertiary/aromatic N) is 4. The predicted octanol–water partition coefficient (Wildman–Crippen LogP) is 1.63. The van der Waals surface area contributed by atoms with E-state index >= 15 is 0 Å². The van der Waals surface area contributed by atoms with Crippen molar-refractivity contribution >= 4 is 6.03 Å². The third-order valence-corrected chi connectivity index (χ3v) is 6.46. The summed E-state index contributed by atoms with van der Waals surface area (Å²) in [5.74, 6) is 0. The van der Waals surface area contributed by atoms with Crippen molar-refractivity contribution in [3.8, 4) is 0 Å². The van der Waals surface area contributed by atoms with E-state index in [1.54, 1.807) is 22.6 Å². The molecule has 32 heavy (non-hydrogen) atoms. The molecule has 172 valence electrons. The van der Waals surface area contributed by atoms with Gasteiger partial charge in [0.25, 0.3) is 5.56 Å². The summed E-state index contributed by atoms with van der Waals surface area (Å²) in [5.41, 5.74) is 3.87. The Labute approximate surface area is 188 Å². The highest BCUT2D eigenvalue weighted by atomic mass is 16.3. The minimum absolute atomic E-state index is 0.0549. The highest BCUT2D eigenvalue weighted by molar-refractivity contribution is 5.74. The average Bonchev–Trinajstić information content (AvgIpc) is 2.80. The van der Waals surface area contributed by atoms with E-state index < -0.39 is 6.10 Å². The molecule has 1 aromatic carbocycles. The van der Waals surface area contributed by atoms with Crippen molar-refractivity contribution in [2.45, 2.75) is 51.8 Å². The van der Waals surface area contributed by atoms with Gasteiger partial charge in [-0.15, -0.1) is 0 Å². The number of amides is 2. The van der Waals surface area contributed by atoms with Gasteiger partial charge in [-0.25, -0.2) is 4.79 Å². The lowest BCUT2D eigenvalue weighted by Crippen LogP contribution is -2.49. The maximum atomic E-state index is 12.7. The van der Waals surface area contributed by atoms with E-state index in [1.165, 1.54) is 11.1 Å². The number of aliphatic hydroxyl groups is 1. The van der Waals surface area contributed by atoms with Crippen LogP contribution in [-0.4, -0.2) is 69.3 Å². The first-order valence-electron chi connectivity index (χ1n) is 11.5. The van der Waals surface area contributed by atoms with E-state index in [1.807, 2.05) is 13.0 Å². The largest absolute Gasteiger partial charge is 0.390 e. The van der Waals surface area contributed by atoms with Gasteiger partial charge in [0, 0.05) is 45.5 Å². The van der Waals surface area contributed by atoms with Crippen molar-refractivity contribution < 1.29 is 9.90 Å². The van der Waals surface area contributed by atoms with Gasteiger partial charge in [-0.1, -0.05) is 24.3 Å². The van der Waals surface area contributed by atoms with Crippen molar-refractivity contribution in [2.75, 3.05) is 32.7 Å². The summed E-state index contributed by atoms with van der Waals surface area (Å²) in [6.07, 6.45) is 3.82. The van der Waals surface area contributed by atoms with Crippen LogP contribution in [-0.2, 0) is 13.0 Å². The van der Waals surface area contributed by atoms with Crippen LogP contribution in [0.15, 0.2) is 35.3 Å². The topological polar surface area (TPSA) is 90.7 Å². The highest BCUT2D eigenvalue weighted by Crippen LogP contribution is 2.21. The molecule has 0 saturated carbocycles. The van der Waals surface area contributed by atoms with Gasteiger partial charge >= 0.3 is 6.03 Å². The Balaban J connectivity index is 1.28. The van der Waals surface area contributed by atoms with E-state index in [9.17, 15) is 14.7 Å². The van der Waals surface area contributed by atoms with Crippen LogP contribution in [0.5, 0.6) is 0 Å². The summed E-state index contributed by atoms with van der Waals surface area (Å²) in [7, 11) is 0. The number of rotatable bonds is 5. The molecule has 2 aromatic rings. The lowest BCUT2D eigenvalue weighted by Gasteiger charge is -2.34. The van der Waals surface area contributed by atoms with Crippen molar-refractivity contribution in [3.63, 3.8) is 0 Å². The van der Waals surface area contributed by atoms with Gasteiger partial charge in [-0.05, 0) is 44.2 Å². The summed E-state index contributed by atoms with van der Waals surface area (Å²) >= 11 is 0. The fourth-order valence-electron chi connectivity index (χ4n) is 4.81. The lowest BCUT2D eigenvalue weighted by molar-refractivity contribution is 0.102. The van der Waals surface area contributed by atoms with Crippen LogP contribution in [0.4, 0.5) is 4.79 Å². The Hall–Kier alpha value is -2.71. The van der Waals surface area contributed by atoms with Crippen molar-refractivity contribution in [2.24, 2.45) is 0 Å². The van der Waals surface area contributed by atoms with Gasteiger partial charge in [0.2, 0.25) is 0 Å². The zero-order valence-electron chi connectivity index (χ0n) is 19.0. The lowest BCUT2D eigenvalue weighted by atomic mass is 10.00. The molecular weight excluding hydrogens is 406 g/mol. The molecule has 8 nitrogen and oxygen atoms in total. The Morgan fingerprint density at radius 1 is 1.25 bits per heavy atom. The normalized spacial score (nSPS) is 20.0. The Morgan fingerprint density at radius 3 is 2.84 bits per heavy atom. The quantitative estimate of drug-likeness (QED) is 0.739. The summed E-state index contributed by atoms with van der Waals surface area (Å²) in [6, 6.07) is 8.18. The average molecular weight is 440 g/mol. The predicted molar refractivity (Wildman–Crippen MR) is 123 cm³/mol. The molecule has 0 aliphatic carbocycles. The number of hydrogen-bond donors (Lipinski definition) is 2. The number of aliphatic hydroxyl groups excluding tert-OH is 1. The van der Waals surface area contributed by atoms with Gasteiger partial charge in [0.05, 0.1) is 17.8 Å². The number of aromatic nitrogens is 2. The number of carbonyl (C=O) groups excluding carboxylic acids is 1. The first-order valence-corrected chi connectivity index (χ1v) is 11.5. The van der Waals surface area contributed by atoms with Gasteiger partial charge in [-0.3, -0.25) is 14.7 Å². The zero-order chi connectivity index (χ0) is 22.7. The number of urea groups is 1. The summed E-state index contributed by atoms with van der Waals surface area (Å²) in [6.45, 7) is 7.21. The molecule has 1 aromatic heterocycles. The molecule has 1 fully saturated rings. The number of nitrogens with one attached hydrogen (secondary N) is 1. The molecule has 4 rings (SSSR count). The number of carbonyl (C=O) groups is 1. The van der Waals surface area contributed by atoms with Crippen LogP contribution < -0.4 is 10.9 Å². The van der Waals surface area contributed by atoms with Crippen LogP contribution in [0, 0.1) is 13.8 Å². The number of likely N-dealkylation sites (tertiary alicyclic amines) is 1. The summed E-state index contributed by atoms with van der Waals surface area (Å²) < 4.78 is 1.72. The van der Waals surface area contributed by atoms with Gasteiger partial charge in [0.15, 0.2) is 0 Å². The number of fused-ring (bicyclic) bond motifs is 1. The number of hydrogen-bond acceptors (Lipinski definition) is 5. The molecular formula is C24H33N5O3. The molecule has 0 bridgehead atoms. The van der Waals surface area contributed by atoms with E-state index in [-0.39, 0.29) is 24.2 Å². The van der Waals surface area contributed by atoms with Gasteiger partial charge in [0.1, 0.15) is 5.69 Å². The third kappa shape index (κ3) is 5.19. The molecule has 1 saturated heterocycles. The van der Waals surface area contributed by atoms with Crippen LogP contribution in [0.25, 0.3) is 0 Å². The van der Waals surface area contributed by atoms with E-state index in [4.69, 9.17) is 0 Å². The SMILES string of the molecule is Cc1cn([C@@H]2CCCN(C(=O)NC[C@H](O)CN3CCc4ccccc4C3)C2)c(=O)c(C)n1. The van der Waals surface area contributed by atoms with Crippen molar-refractivity contribution in [1.82, 2.24) is 24.7 Å². The molecule has 2 atom stereocenters. The van der Waals surface area contributed by atoms with Crippen LogP contribution in [0.2, 0.25) is 0 Å². The van der Waals surface area contributed by atoms with Crippen LogP contribution in [0.3, 0.4) is 0 Å². The number of piperidine rings is 1. The summed E-state index contributed by atoms with van der Waals surface area (Å²) in [4.78, 5) is 33.5. The zero-order valence-corrected chi connectivity index (χ0v) is 19.0. The maximum Gasteiger partial charge on any atom is 0.317 e. The van der Waals surface area contributed by atoms with Crippen LogP contribution >= 0.6 is 0 Å². The molecule has 2 amide bonds.